The largest absolute Gasteiger partial charge is 0.383 e. The Morgan fingerprint density at radius 2 is 1.95 bits per heavy atom. The summed E-state index contributed by atoms with van der Waals surface area (Å²) in [6.45, 7) is 9.97. The fraction of sp³-hybridized carbons (Fsp3) is 0.471. The number of fused-ring (bicyclic) bond motifs is 1. The third-order valence-corrected chi connectivity index (χ3v) is 3.53. The van der Waals surface area contributed by atoms with Crippen molar-refractivity contribution in [3.05, 3.63) is 34.9 Å². The molecule has 0 unspecified atom stereocenters. The molecule has 118 valence electrons. The van der Waals surface area contributed by atoms with Crippen molar-refractivity contribution in [1.82, 2.24) is 19.5 Å². The summed E-state index contributed by atoms with van der Waals surface area (Å²) in [7, 11) is 3.88. The SMILES string of the molecule is CC(=O)c1cnc2c(C)c(C(C)(C)C)nn2c1/C=C/N(C)C. The number of rotatable bonds is 3. The van der Waals surface area contributed by atoms with Gasteiger partial charge in [0.25, 0.3) is 0 Å². The van der Waals surface area contributed by atoms with Crippen molar-refractivity contribution in [3.63, 3.8) is 0 Å². The van der Waals surface area contributed by atoms with Crippen LogP contribution in [-0.4, -0.2) is 39.4 Å². The van der Waals surface area contributed by atoms with Gasteiger partial charge in [-0.25, -0.2) is 9.50 Å². The Hall–Kier alpha value is -2.17. The number of nitrogens with zero attached hydrogens (tertiary/aromatic N) is 4. The molecule has 0 radical (unpaired) electrons. The van der Waals surface area contributed by atoms with Gasteiger partial charge in [-0.05, 0) is 19.9 Å². The molecule has 0 saturated heterocycles. The van der Waals surface area contributed by atoms with Gasteiger partial charge < -0.3 is 4.90 Å². The summed E-state index contributed by atoms with van der Waals surface area (Å²) in [6.07, 6.45) is 5.47. The number of aryl methyl sites for hydroxylation is 1. The molecule has 0 aliphatic heterocycles. The van der Waals surface area contributed by atoms with Gasteiger partial charge in [0.15, 0.2) is 11.4 Å². The third kappa shape index (κ3) is 2.89. The van der Waals surface area contributed by atoms with E-state index in [1.54, 1.807) is 17.6 Å². The highest BCUT2D eigenvalue weighted by Gasteiger charge is 2.24. The zero-order valence-corrected chi connectivity index (χ0v) is 14.4. The van der Waals surface area contributed by atoms with Crippen LogP contribution < -0.4 is 0 Å². The molecule has 0 N–H and O–H groups in total. The monoisotopic (exact) mass is 300 g/mol. The van der Waals surface area contributed by atoms with Gasteiger partial charge in [-0.2, -0.15) is 5.10 Å². The summed E-state index contributed by atoms with van der Waals surface area (Å²) < 4.78 is 1.78. The Morgan fingerprint density at radius 3 is 2.45 bits per heavy atom. The van der Waals surface area contributed by atoms with Crippen molar-refractivity contribution in [2.45, 2.75) is 40.0 Å². The number of carbonyl (C=O) groups is 1. The number of hydrogen-bond acceptors (Lipinski definition) is 4. The molecule has 5 heteroatoms. The fourth-order valence-corrected chi connectivity index (χ4v) is 2.48. The molecule has 22 heavy (non-hydrogen) atoms. The summed E-state index contributed by atoms with van der Waals surface area (Å²) in [5.74, 6) is -0.0155. The van der Waals surface area contributed by atoms with Crippen LogP contribution in [0.2, 0.25) is 0 Å². The molecule has 2 aromatic heterocycles. The van der Waals surface area contributed by atoms with Gasteiger partial charge in [0.2, 0.25) is 0 Å². The highest BCUT2D eigenvalue weighted by molar-refractivity contribution is 5.97. The van der Waals surface area contributed by atoms with Gasteiger partial charge in [-0.15, -0.1) is 0 Å². The van der Waals surface area contributed by atoms with Gasteiger partial charge in [0, 0.05) is 37.5 Å². The molecule has 0 aliphatic rings. The van der Waals surface area contributed by atoms with Gasteiger partial charge in [-0.3, -0.25) is 4.79 Å². The van der Waals surface area contributed by atoms with Crippen LogP contribution in [0.15, 0.2) is 12.4 Å². The van der Waals surface area contributed by atoms with Crippen LogP contribution in [0.1, 0.15) is 55.0 Å². The van der Waals surface area contributed by atoms with Gasteiger partial charge in [-0.1, -0.05) is 20.8 Å². The molecule has 0 aromatic carbocycles. The zero-order chi connectivity index (χ0) is 16.7. The average molecular weight is 300 g/mol. The average Bonchev–Trinajstić information content (AvgIpc) is 2.73. The first kappa shape index (κ1) is 16.2. The van der Waals surface area contributed by atoms with Crippen molar-refractivity contribution in [1.29, 1.82) is 0 Å². The molecule has 0 bridgehead atoms. The molecule has 2 heterocycles. The minimum absolute atomic E-state index is 0.0155. The maximum Gasteiger partial charge on any atom is 0.163 e. The van der Waals surface area contributed by atoms with Crippen LogP contribution in [0.4, 0.5) is 0 Å². The quantitative estimate of drug-likeness (QED) is 0.817. The maximum absolute atomic E-state index is 11.9. The second-order valence-corrected chi connectivity index (χ2v) is 6.85. The Balaban J connectivity index is 2.81. The lowest BCUT2D eigenvalue weighted by Crippen LogP contribution is -2.14. The third-order valence-electron chi connectivity index (χ3n) is 3.53. The molecule has 2 rings (SSSR count). The maximum atomic E-state index is 11.9. The van der Waals surface area contributed by atoms with Gasteiger partial charge in [0.1, 0.15) is 0 Å². The fourth-order valence-electron chi connectivity index (χ4n) is 2.48. The molecule has 0 fully saturated rings. The highest BCUT2D eigenvalue weighted by atomic mass is 16.1. The molecule has 0 aliphatic carbocycles. The van der Waals surface area contributed by atoms with E-state index in [-0.39, 0.29) is 11.2 Å². The van der Waals surface area contributed by atoms with Crippen molar-refractivity contribution < 1.29 is 4.79 Å². The predicted molar refractivity (Wildman–Crippen MR) is 89.1 cm³/mol. The Kier molecular flexibility index (Phi) is 4.09. The Bertz CT molecular complexity index is 748. The first-order valence-electron chi connectivity index (χ1n) is 7.37. The van der Waals surface area contributed by atoms with E-state index in [0.29, 0.717) is 5.56 Å². The topological polar surface area (TPSA) is 50.5 Å². The summed E-state index contributed by atoms with van der Waals surface area (Å²) in [4.78, 5) is 18.3. The molecular formula is C17H24N4O. The van der Waals surface area contributed by atoms with Crippen molar-refractivity contribution in [3.8, 4) is 0 Å². The minimum atomic E-state index is -0.0727. The molecule has 2 aromatic rings. The number of Topliss-reactive ketones (excluding diaryl/α,β-unsaturated/α-hetero) is 1. The lowest BCUT2D eigenvalue weighted by molar-refractivity contribution is 0.101. The summed E-state index contributed by atoms with van der Waals surface area (Å²) in [5, 5.41) is 4.74. The van der Waals surface area contributed by atoms with Crippen LogP contribution in [-0.2, 0) is 5.41 Å². The normalized spacial score (nSPS) is 12.3. The van der Waals surface area contributed by atoms with E-state index in [1.807, 2.05) is 38.2 Å². The number of ketones is 1. The van der Waals surface area contributed by atoms with E-state index in [9.17, 15) is 4.79 Å². The molecule has 0 saturated carbocycles. The smallest absolute Gasteiger partial charge is 0.163 e. The van der Waals surface area contributed by atoms with Crippen LogP contribution in [0.3, 0.4) is 0 Å². The molecular weight excluding hydrogens is 276 g/mol. The van der Waals surface area contributed by atoms with Crippen molar-refractivity contribution in [2.24, 2.45) is 0 Å². The van der Waals surface area contributed by atoms with E-state index < -0.39 is 0 Å². The summed E-state index contributed by atoms with van der Waals surface area (Å²) in [5.41, 5.74) is 4.13. The van der Waals surface area contributed by atoms with E-state index >= 15 is 0 Å². The molecule has 0 atom stereocenters. The molecule has 5 nitrogen and oxygen atoms in total. The van der Waals surface area contributed by atoms with Crippen LogP contribution in [0.5, 0.6) is 0 Å². The Labute approximate surface area is 131 Å². The van der Waals surface area contributed by atoms with Crippen molar-refractivity contribution in [2.75, 3.05) is 14.1 Å². The predicted octanol–water partition coefficient (Wildman–Crippen LogP) is 3.07. The highest BCUT2D eigenvalue weighted by Crippen LogP contribution is 2.27. The number of carbonyl (C=O) groups excluding carboxylic acids is 1. The second-order valence-electron chi connectivity index (χ2n) is 6.85. The lowest BCUT2D eigenvalue weighted by atomic mass is 9.90. The van der Waals surface area contributed by atoms with E-state index in [0.717, 1.165) is 22.6 Å². The molecule has 0 amide bonds. The van der Waals surface area contributed by atoms with Crippen LogP contribution in [0, 0.1) is 6.92 Å². The lowest BCUT2D eigenvalue weighted by Gasteiger charge is -2.15. The van der Waals surface area contributed by atoms with Crippen LogP contribution in [0.25, 0.3) is 11.7 Å². The first-order chi connectivity index (χ1) is 10.1. The van der Waals surface area contributed by atoms with Gasteiger partial charge in [0.05, 0.1) is 17.0 Å². The van der Waals surface area contributed by atoms with E-state index in [4.69, 9.17) is 5.10 Å². The zero-order valence-electron chi connectivity index (χ0n) is 14.4. The van der Waals surface area contributed by atoms with E-state index in [2.05, 4.69) is 25.8 Å². The van der Waals surface area contributed by atoms with E-state index in [1.165, 1.54) is 0 Å². The number of hydrogen-bond donors (Lipinski definition) is 0. The van der Waals surface area contributed by atoms with Crippen LogP contribution >= 0.6 is 0 Å². The summed E-state index contributed by atoms with van der Waals surface area (Å²) >= 11 is 0. The van der Waals surface area contributed by atoms with Crippen molar-refractivity contribution >= 4 is 17.5 Å². The van der Waals surface area contributed by atoms with Gasteiger partial charge >= 0.3 is 0 Å². The summed E-state index contributed by atoms with van der Waals surface area (Å²) in [6, 6.07) is 0. The second kappa shape index (κ2) is 5.55. The standard InChI is InChI=1S/C17H24N4O/c1-11-15(17(3,4)5)19-21-14(8-9-20(6)7)13(12(2)22)10-18-16(11)21/h8-10H,1-7H3/b9-8+. The first-order valence-corrected chi connectivity index (χ1v) is 7.37. The minimum Gasteiger partial charge on any atom is -0.383 e. The Morgan fingerprint density at radius 1 is 1.32 bits per heavy atom. The number of aromatic nitrogens is 3. The molecule has 0 spiro atoms.